The summed E-state index contributed by atoms with van der Waals surface area (Å²) in [5.74, 6) is 1.52. The molecule has 1 heterocycles. The van der Waals surface area contributed by atoms with Crippen LogP contribution in [0.25, 0.3) is 5.69 Å². The molecule has 0 aliphatic carbocycles. The summed E-state index contributed by atoms with van der Waals surface area (Å²) in [4.78, 5) is 0. The van der Waals surface area contributed by atoms with Crippen LogP contribution >= 0.6 is 27.7 Å². The topological polar surface area (TPSA) is 52.8 Å². The second kappa shape index (κ2) is 6.93. The zero-order valence-corrected chi connectivity index (χ0v) is 14.2. The van der Waals surface area contributed by atoms with Gasteiger partial charge in [0.15, 0.2) is 0 Å². The monoisotopic (exact) mass is 376 g/mol. The molecule has 5 nitrogen and oxygen atoms in total. The molecule has 3 aromatic rings. The van der Waals surface area contributed by atoms with E-state index in [9.17, 15) is 0 Å². The number of nitrogens with zero attached hydrogens (tertiary/aromatic N) is 4. The summed E-state index contributed by atoms with van der Waals surface area (Å²) < 4.78 is 8.13. The predicted octanol–water partition coefficient (Wildman–Crippen LogP) is 3.73. The number of halogens is 1. The molecule has 0 atom stereocenters. The fourth-order valence-corrected chi connectivity index (χ4v) is 3.27. The van der Waals surface area contributed by atoms with Crippen LogP contribution in [0.3, 0.4) is 0 Å². The van der Waals surface area contributed by atoms with Crippen molar-refractivity contribution in [3.63, 3.8) is 0 Å². The molecule has 0 bridgehead atoms. The van der Waals surface area contributed by atoms with Crippen molar-refractivity contribution in [1.29, 1.82) is 0 Å². The number of methoxy groups -OCH3 is 1. The molecule has 0 radical (unpaired) electrons. The summed E-state index contributed by atoms with van der Waals surface area (Å²) in [6, 6.07) is 15.9. The molecule has 0 N–H and O–H groups in total. The molecular formula is C15H13BrN4OS. The van der Waals surface area contributed by atoms with Gasteiger partial charge in [0, 0.05) is 10.2 Å². The van der Waals surface area contributed by atoms with Gasteiger partial charge in [-0.3, -0.25) is 0 Å². The Bertz CT molecular complexity index is 777. The minimum Gasteiger partial charge on any atom is -0.494 e. The summed E-state index contributed by atoms with van der Waals surface area (Å²) in [5.41, 5.74) is 2.03. The van der Waals surface area contributed by atoms with Crippen molar-refractivity contribution >= 4 is 27.7 Å². The average molecular weight is 377 g/mol. The lowest BCUT2D eigenvalue weighted by Gasteiger charge is -2.09. The number of benzene rings is 2. The molecule has 0 aliphatic rings. The average Bonchev–Trinajstić information content (AvgIpc) is 3.01. The second-order valence-electron chi connectivity index (χ2n) is 4.46. The lowest BCUT2D eigenvalue weighted by Crippen LogP contribution is -2.01. The molecule has 7 heteroatoms. The van der Waals surface area contributed by atoms with E-state index in [2.05, 4.69) is 43.6 Å². The number of para-hydroxylation sites is 2. The number of thioether (sulfide) groups is 1. The van der Waals surface area contributed by atoms with Crippen molar-refractivity contribution in [3.05, 3.63) is 58.6 Å². The molecule has 0 saturated carbocycles. The minimum atomic E-state index is 0.726. The van der Waals surface area contributed by atoms with Gasteiger partial charge in [0.1, 0.15) is 11.4 Å². The van der Waals surface area contributed by atoms with Crippen molar-refractivity contribution in [3.8, 4) is 11.4 Å². The third-order valence-electron chi connectivity index (χ3n) is 3.01. The summed E-state index contributed by atoms with van der Waals surface area (Å²) in [5, 5.41) is 12.7. The minimum absolute atomic E-state index is 0.726. The highest BCUT2D eigenvalue weighted by atomic mass is 79.9. The van der Waals surface area contributed by atoms with Crippen LogP contribution in [-0.2, 0) is 5.75 Å². The fourth-order valence-electron chi connectivity index (χ4n) is 2.00. The molecule has 22 heavy (non-hydrogen) atoms. The lowest BCUT2D eigenvalue weighted by atomic mass is 10.2. The van der Waals surface area contributed by atoms with E-state index in [1.54, 1.807) is 23.6 Å². The van der Waals surface area contributed by atoms with Crippen molar-refractivity contribution in [1.82, 2.24) is 20.2 Å². The van der Waals surface area contributed by atoms with Crippen molar-refractivity contribution in [2.45, 2.75) is 10.9 Å². The number of hydrogen-bond acceptors (Lipinski definition) is 5. The van der Waals surface area contributed by atoms with Crippen LogP contribution in [-0.4, -0.2) is 27.3 Å². The van der Waals surface area contributed by atoms with Crippen LogP contribution in [0, 0.1) is 0 Å². The van der Waals surface area contributed by atoms with Crippen molar-refractivity contribution in [2.75, 3.05) is 7.11 Å². The van der Waals surface area contributed by atoms with Crippen molar-refractivity contribution < 1.29 is 4.74 Å². The Morgan fingerprint density at radius 3 is 2.86 bits per heavy atom. The van der Waals surface area contributed by atoms with Crippen LogP contribution in [0.5, 0.6) is 5.75 Å². The van der Waals surface area contributed by atoms with Gasteiger partial charge >= 0.3 is 0 Å². The predicted molar refractivity (Wildman–Crippen MR) is 89.4 cm³/mol. The first-order valence-electron chi connectivity index (χ1n) is 6.57. The lowest BCUT2D eigenvalue weighted by molar-refractivity contribution is 0.410. The highest BCUT2D eigenvalue weighted by molar-refractivity contribution is 9.10. The van der Waals surface area contributed by atoms with Crippen LogP contribution < -0.4 is 4.74 Å². The molecule has 0 aliphatic heterocycles. The Balaban J connectivity index is 1.83. The summed E-state index contributed by atoms with van der Waals surface area (Å²) in [6.45, 7) is 0. The fraction of sp³-hybridized carbons (Fsp3) is 0.133. The van der Waals surface area contributed by atoms with E-state index in [-0.39, 0.29) is 0 Å². The molecular weight excluding hydrogens is 364 g/mol. The maximum absolute atomic E-state index is 5.37. The van der Waals surface area contributed by atoms with Crippen LogP contribution in [0.15, 0.2) is 58.2 Å². The van der Waals surface area contributed by atoms with Gasteiger partial charge < -0.3 is 4.74 Å². The van der Waals surface area contributed by atoms with Crippen LogP contribution in [0.4, 0.5) is 0 Å². The smallest absolute Gasteiger partial charge is 0.214 e. The Morgan fingerprint density at radius 2 is 2.05 bits per heavy atom. The van der Waals surface area contributed by atoms with Gasteiger partial charge in [0.25, 0.3) is 0 Å². The largest absolute Gasteiger partial charge is 0.494 e. The normalized spacial score (nSPS) is 10.6. The first kappa shape index (κ1) is 15.1. The van der Waals surface area contributed by atoms with E-state index in [4.69, 9.17) is 4.74 Å². The molecule has 0 spiro atoms. The van der Waals surface area contributed by atoms with E-state index in [0.29, 0.717) is 0 Å². The molecule has 0 saturated heterocycles. The Hall–Kier alpha value is -1.86. The molecule has 3 rings (SSSR count). The number of tetrazole rings is 1. The third-order valence-corrected chi connectivity index (χ3v) is 4.49. The zero-order chi connectivity index (χ0) is 15.4. The van der Waals surface area contributed by atoms with Crippen LogP contribution in [0.1, 0.15) is 5.56 Å². The molecule has 1 aromatic heterocycles. The highest BCUT2D eigenvalue weighted by Crippen LogP contribution is 2.27. The third kappa shape index (κ3) is 3.31. The van der Waals surface area contributed by atoms with Gasteiger partial charge in [-0.05, 0) is 40.3 Å². The molecule has 2 aromatic carbocycles. The SMILES string of the molecule is COc1ccccc1-n1nnnc1SCc1cccc(Br)c1. The standard InChI is InChI=1S/C15H13BrN4OS/c1-21-14-8-3-2-7-13(14)20-15(17-18-19-20)22-10-11-5-4-6-12(16)9-11/h2-9H,10H2,1H3. The number of hydrogen-bond donors (Lipinski definition) is 0. The molecule has 0 fully saturated rings. The zero-order valence-electron chi connectivity index (χ0n) is 11.8. The van der Waals surface area contributed by atoms with E-state index in [0.717, 1.165) is 26.8 Å². The number of rotatable bonds is 5. The van der Waals surface area contributed by atoms with Crippen molar-refractivity contribution in [2.24, 2.45) is 0 Å². The van der Waals surface area contributed by atoms with Gasteiger partial charge in [-0.15, -0.1) is 5.10 Å². The Labute approximate surface area is 140 Å². The molecule has 112 valence electrons. The van der Waals surface area contributed by atoms with E-state index >= 15 is 0 Å². The molecule has 0 unspecified atom stereocenters. The maximum Gasteiger partial charge on any atom is 0.214 e. The maximum atomic E-state index is 5.37. The number of aromatic nitrogens is 4. The first-order valence-corrected chi connectivity index (χ1v) is 8.35. The molecule has 0 amide bonds. The second-order valence-corrected chi connectivity index (χ2v) is 6.32. The van der Waals surface area contributed by atoms with Gasteiger partial charge in [-0.1, -0.05) is 52.0 Å². The highest BCUT2D eigenvalue weighted by Gasteiger charge is 2.12. The quantitative estimate of drug-likeness (QED) is 0.635. The van der Waals surface area contributed by atoms with E-state index in [1.165, 1.54) is 5.56 Å². The van der Waals surface area contributed by atoms with Gasteiger partial charge in [0.2, 0.25) is 5.16 Å². The van der Waals surface area contributed by atoms with E-state index < -0.39 is 0 Å². The van der Waals surface area contributed by atoms with Gasteiger partial charge in [0.05, 0.1) is 7.11 Å². The van der Waals surface area contributed by atoms with Crippen LogP contribution in [0.2, 0.25) is 0 Å². The Kier molecular flexibility index (Phi) is 4.74. The Morgan fingerprint density at radius 1 is 1.18 bits per heavy atom. The number of ether oxygens (including phenoxy) is 1. The van der Waals surface area contributed by atoms with Gasteiger partial charge in [-0.25, -0.2) is 0 Å². The first-order chi connectivity index (χ1) is 10.8. The summed E-state index contributed by atoms with van der Waals surface area (Å²) >= 11 is 5.06. The van der Waals surface area contributed by atoms with E-state index in [1.807, 2.05) is 36.4 Å². The van der Waals surface area contributed by atoms with Gasteiger partial charge in [-0.2, -0.15) is 4.68 Å². The summed E-state index contributed by atoms with van der Waals surface area (Å²) in [7, 11) is 1.64. The summed E-state index contributed by atoms with van der Waals surface area (Å²) in [6.07, 6.45) is 0.